The number of hydrogen-bond acceptors (Lipinski definition) is 5. The van der Waals surface area contributed by atoms with Gasteiger partial charge in [-0.05, 0) is 69.4 Å². The molecule has 0 aliphatic carbocycles. The van der Waals surface area contributed by atoms with Gasteiger partial charge in [-0.2, -0.15) is 5.10 Å². The van der Waals surface area contributed by atoms with Gasteiger partial charge < -0.3 is 20.5 Å². The van der Waals surface area contributed by atoms with Crippen LogP contribution in [0.15, 0.2) is 36.5 Å². The number of carbonyl (C=O) groups is 2. The lowest BCUT2D eigenvalue weighted by atomic mass is 9.85. The lowest BCUT2D eigenvalue weighted by Crippen LogP contribution is -2.45. The minimum atomic E-state index is -0.402. The number of pyridine rings is 2. The van der Waals surface area contributed by atoms with Crippen molar-refractivity contribution in [3.63, 3.8) is 0 Å². The van der Waals surface area contributed by atoms with Gasteiger partial charge in [0.05, 0.1) is 28.5 Å². The van der Waals surface area contributed by atoms with Crippen molar-refractivity contribution in [2.75, 3.05) is 13.1 Å². The van der Waals surface area contributed by atoms with Crippen LogP contribution in [0.4, 0.5) is 0 Å². The third-order valence-corrected chi connectivity index (χ3v) is 9.42. The number of likely N-dealkylation sites (tertiary alicyclic amines) is 1. The smallest absolute Gasteiger partial charge is 0.255 e. The lowest BCUT2D eigenvalue weighted by molar-refractivity contribution is -0.130. The molecule has 2 bridgehead atoms. The van der Waals surface area contributed by atoms with Gasteiger partial charge >= 0.3 is 0 Å². The number of aryl methyl sites for hydroxylation is 2. The predicted octanol–water partition coefficient (Wildman–Crippen LogP) is 5.64. The Morgan fingerprint density at radius 2 is 1.91 bits per heavy atom. The molecule has 43 heavy (non-hydrogen) atoms. The van der Waals surface area contributed by atoms with Crippen LogP contribution < -0.4 is 11.1 Å². The van der Waals surface area contributed by atoms with Crippen LogP contribution in [-0.4, -0.2) is 55.0 Å². The Labute approximate surface area is 253 Å². The molecule has 0 spiro atoms. The Hall–Kier alpha value is -3.72. The van der Waals surface area contributed by atoms with Gasteiger partial charge in [-0.25, -0.2) is 9.50 Å². The monoisotopic (exact) mass is 583 g/mol. The largest absolute Gasteiger partial charge is 0.348 e. The number of nitrogens with two attached hydrogens (primary N) is 1. The minimum absolute atomic E-state index is 0.00995. The number of nitrogens with zero attached hydrogens (tertiary/aromatic N) is 5. The second-order valence-electron chi connectivity index (χ2n) is 13.2. The molecule has 228 valence electrons. The molecule has 6 rings (SSSR count). The SMILES string of the molecule is CCc1c(-c2cc3ccc4nc3n2CCCCCCC(C)(C)C(=O)N[C@@H]4C)nn2cc(C(=O)N3CCC[C@@H](N)C3)ccc12. The van der Waals surface area contributed by atoms with Crippen LogP contribution in [0.3, 0.4) is 0 Å². The van der Waals surface area contributed by atoms with E-state index in [1.54, 1.807) is 0 Å². The third kappa shape index (κ3) is 5.67. The summed E-state index contributed by atoms with van der Waals surface area (Å²) in [7, 11) is 0. The van der Waals surface area contributed by atoms with Crippen LogP contribution in [0.2, 0.25) is 0 Å². The molecule has 1 fully saturated rings. The average molecular weight is 584 g/mol. The predicted molar refractivity (Wildman–Crippen MR) is 170 cm³/mol. The first-order valence-electron chi connectivity index (χ1n) is 16.0. The molecule has 2 amide bonds. The summed E-state index contributed by atoms with van der Waals surface area (Å²) < 4.78 is 4.18. The molecule has 0 radical (unpaired) electrons. The summed E-state index contributed by atoms with van der Waals surface area (Å²) in [6, 6.07) is 10.1. The van der Waals surface area contributed by atoms with E-state index in [1.165, 1.54) is 0 Å². The van der Waals surface area contributed by atoms with Gasteiger partial charge in [-0.3, -0.25) is 9.59 Å². The highest BCUT2D eigenvalue weighted by molar-refractivity contribution is 5.95. The van der Waals surface area contributed by atoms with Crippen molar-refractivity contribution >= 4 is 28.4 Å². The number of nitrogens with one attached hydrogen (secondary N) is 1. The van der Waals surface area contributed by atoms with Crippen LogP contribution in [0.25, 0.3) is 27.9 Å². The van der Waals surface area contributed by atoms with E-state index in [4.69, 9.17) is 15.8 Å². The van der Waals surface area contributed by atoms with Crippen LogP contribution >= 0.6 is 0 Å². The molecule has 2 aliphatic rings. The van der Waals surface area contributed by atoms with Crippen molar-refractivity contribution in [2.45, 2.75) is 97.7 Å². The first kappa shape index (κ1) is 29.4. The molecular formula is C34H45N7O2. The third-order valence-electron chi connectivity index (χ3n) is 9.42. The Bertz CT molecular complexity index is 1670. The van der Waals surface area contributed by atoms with Crippen LogP contribution in [0.1, 0.15) is 100 Å². The average Bonchev–Trinajstić information content (AvgIpc) is 3.54. The maximum atomic E-state index is 13.3. The van der Waals surface area contributed by atoms with Crippen molar-refractivity contribution in [2.24, 2.45) is 11.1 Å². The number of aromatic nitrogens is 4. The van der Waals surface area contributed by atoms with E-state index in [9.17, 15) is 9.59 Å². The van der Waals surface area contributed by atoms with Crippen molar-refractivity contribution < 1.29 is 9.59 Å². The standard InChI is InChI=1S/C34H45N7O2/c1-5-26-28-15-13-24(32(42)39-17-10-11-25(35)21-39)20-41(28)38-30(26)29-19-23-12-14-27-22(2)36-33(43)34(3,4)16-8-6-7-9-18-40(29)31(23)37-27/h12-15,19-20,22,25H,5-11,16-18,21,35H2,1-4H3,(H,36,43)/t22-,25-/m1/s1. The summed E-state index contributed by atoms with van der Waals surface area (Å²) in [5, 5.41) is 9.37. The van der Waals surface area contributed by atoms with Crippen molar-refractivity contribution in [1.82, 2.24) is 29.4 Å². The van der Waals surface area contributed by atoms with Gasteiger partial charge in [-0.1, -0.05) is 40.0 Å². The number of fused-ring (bicyclic) bond motifs is 2. The van der Waals surface area contributed by atoms with E-state index in [0.29, 0.717) is 12.1 Å². The van der Waals surface area contributed by atoms with Gasteiger partial charge in [0.2, 0.25) is 5.91 Å². The number of piperidine rings is 1. The second-order valence-corrected chi connectivity index (χ2v) is 13.2. The Morgan fingerprint density at radius 3 is 2.70 bits per heavy atom. The highest BCUT2D eigenvalue weighted by Gasteiger charge is 2.29. The lowest BCUT2D eigenvalue weighted by Gasteiger charge is -2.30. The van der Waals surface area contributed by atoms with Crippen molar-refractivity contribution in [1.29, 1.82) is 0 Å². The fourth-order valence-electron chi connectivity index (χ4n) is 6.73. The van der Waals surface area contributed by atoms with E-state index in [1.807, 2.05) is 54.6 Å². The molecule has 2 atom stereocenters. The van der Waals surface area contributed by atoms with E-state index in [2.05, 4.69) is 28.9 Å². The van der Waals surface area contributed by atoms with Gasteiger partial charge in [0.1, 0.15) is 11.3 Å². The summed E-state index contributed by atoms with van der Waals surface area (Å²) in [5.41, 5.74) is 12.3. The molecular weight excluding hydrogens is 538 g/mol. The molecule has 9 heteroatoms. The molecule has 6 heterocycles. The van der Waals surface area contributed by atoms with E-state index in [0.717, 1.165) is 104 Å². The van der Waals surface area contributed by atoms with E-state index in [-0.39, 0.29) is 23.9 Å². The fourth-order valence-corrected chi connectivity index (χ4v) is 6.73. The summed E-state index contributed by atoms with van der Waals surface area (Å²) in [4.78, 5) is 33.4. The maximum absolute atomic E-state index is 13.3. The fraction of sp³-hybridized carbons (Fsp3) is 0.529. The molecule has 1 saturated heterocycles. The zero-order valence-corrected chi connectivity index (χ0v) is 26.0. The Kier molecular flexibility index (Phi) is 8.02. The zero-order valence-electron chi connectivity index (χ0n) is 26.0. The number of amides is 2. The van der Waals surface area contributed by atoms with E-state index >= 15 is 0 Å². The second kappa shape index (κ2) is 11.8. The normalized spacial score (nSPS) is 21.7. The van der Waals surface area contributed by atoms with Gasteiger partial charge in [0, 0.05) is 48.2 Å². The topological polar surface area (TPSA) is 111 Å². The van der Waals surface area contributed by atoms with Gasteiger partial charge in [0.25, 0.3) is 5.91 Å². The highest BCUT2D eigenvalue weighted by atomic mass is 16.2. The van der Waals surface area contributed by atoms with Crippen molar-refractivity contribution in [3.05, 3.63) is 53.3 Å². The first-order chi connectivity index (χ1) is 20.7. The minimum Gasteiger partial charge on any atom is -0.348 e. The molecule has 4 aromatic heterocycles. The van der Waals surface area contributed by atoms with Crippen LogP contribution in [0, 0.1) is 5.41 Å². The van der Waals surface area contributed by atoms with E-state index < -0.39 is 5.41 Å². The van der Waals surface area contributed by atoms with Crippen LogP contribution in [-0.2, 0) is 17.8 Å². The molecule has 3 N–H and O–H groups in total. The Morgan fingerprint density at radius 1 is 1.09 bits per heavy atom. The zero-order chi connectivity index (χ0) is 30.3. The van der Waals surface area contributed by atoms with Crippen LogP contribution in [0.5, 0.6) is 0 Å². The van der Waals surface area contributed by atoms with Gasteiger partial charge in [-0.15, -0.1) is 0 Å². The number of hydrogen-bond donors (Lipinski definition) is 2. The molecule has 0 aromatic carbocycles. The molecule has 0 saturated carbocycles. The summed E-state index contributed by atoms with van der Waals surface area (Å²) in [5.74, 6) is 0.0871. The molecule has 4 aromatic rings. The van der Waals surface area contributed by atoms with Gasteiger partial charge in [0.15, 0.2) is 0 Å². The molecule has 0 unspecified atom stereocenters. The molecule has 9 nitrogen and oxygen atoms in total. The van der Waals surface area contributed by atoms with Crippen molar-refractivity contribution in [3.8, 4) is 11.4 Å². The summed E-state index contributed by atoms with van der Waals surface area (Å²) in [6.45, 7) is 10.4. The quantitative estimate of drug-likeness (QED) is 0.324. The number of rotatable bonds is 3. The molecule has 2 aliphatic heterocycles. The summed E-state index contributed by atoms with van der Waals surface area (Å²) >= 11 is 0. The highest BCUT2D eigenvalue weighted by Crippen LogP contribution is 2.34. The summed E-state index contributed by atoms with van der Waals surface area (Å²) in [6.07, 6.45) is 9.68. The number of carbonyl (C=O) groups excluding carboxylic acids is 2. The Balaban J connectivity index is 1.41. The first-order valence-corrected chi connectivity index (χ1v) is 16.0. The maximum Gasteiger partial charge on any atom is 0.255 e.